The van der Waals surface area contributed by atoms with E-state index in [9.17, 15) is 18.8 Å². The van der Waals surface area contributed by atoms with E-state index < -0.39 is 17.8 Å². The first-order chi connectivity index (χ1) is 11.1. The number of hydroxylamine groups is 2. The highest BCUT2D eigenvalue weighted by Gasteiger charge is 2.38. The van der Waals surface area contributed by atoms with Crippen LogP contribution in [-0.2, 0) is 16.1 Å². The number of benzene rings is 2. The first-order valence-corrected chi connectivity index (χ1v) is 6.99. The standard InChI is InChI=1S/C17H12FNO4/c18-12-8-5-11(6-9-12)7-10-15(20)23-19-16(21)13-3-1-2-4-14(13)17(19)22/h1-6,8-9H,7,10H2. The molecule has 0 saturated carbocycles. The molecule has 0 saturated heterocycles. The van der Waals surface area contributed by atoms with Crippen LogP contribution in [0.1, 0.15) is 32.7 Å². The molecule has 5 nitrogen and oxygen atoms in total. The normalized spacial score (nSPS) is 13.2. The Labute approximate surface area is 131 Å². The minimum Gasteiger partial charge on any atom is -0.330 e. The maximum absolute atomic E-state index is 12.8. The third kappa shape index (κ3) is 2.96. The fourth-order valence-corrected chi connectivity index (χ4v) is 2.29. The molecule has 3 rings (SSSR count). The van der Waals surface area contributed by atoms with Crippen LogP contribution >= 0.6 is 0 Å². The Hall–Kier alpha value is -3.02. The Morgan fingerprint density at radius 2 is 1.52 bits per heavy atom. The topological polar surface area (TPSA) is 63.7 Å². The van der Waals surface area contributed by atoms with Crippen LogP contribution in [0, 0.1) is 5.82 Å². The second-order valence-electron chi connectivity index (χ2n) is 5.04. The molecule has 0 fully saturated rings. The van der Waals surface area contributed by atoms with Crippen molar-refractivity contribution in [3.05, 3.63) is 71.0 Å². The molecular formula is C17H12FNO4. The van der Waals surface area contributed by atoms with Crippen molar-refractivity contribution in [1.29, 1.82) is 0 Å². The summed E-state index contributed by atoms with van der Waals surface area (Å²) in [4.78, 5) is 40.8. The van der Waals surface area contributed by atoms with Crippen LogP contribution in [0.15, 0.2) is 48.5 Å². The molecule has 0 radical (unpaired) electrons. The van der Waals surface area contributed by atoms with Crippen LogP contribution in [0.5, 0.6) is 0 Å². The van der Waals surface area contributed by atoms with E-state index >= 15 is 0 Å². The van der Waals surface area contributed by atoms with E-state index in [0.717, 1.165) is 5.56 Å². The van der Waals surface area contributed by atoms with Gasteiger partial charge in [0.1, 0.15) is 5.82 Å². The largest absolute Gasteiger partial charge is 0.333 e. The zero-order valence-electron chi connectivity index (χ0n) is 12.0. The number of carbonyl (C=O) groups excluding carboxylic acids is 3. The lowest BCUT2D eigenvalue weighted by atomic mass is 10.1. The lowest BCUT2D eigenvalue weighted by Gasteiger charge is -2.12. The second-order valence-corrected chi connectivity index (χ2v) is 5.04. The number of aryl methyl sites for hydroxylation is 1. The molecular weight excluding hydrogens is 301 g/mol. The summed E-state index contributed by atoms with van der Waals surface area (Å²) in [6.45, 7) is 0. The number of fused-ring (bicyclic) bond motifs is 1. The van der Waals surface area contributed by atoms with Gasteiger partial charge in [-0.3, -0.25) is 9.59 Å². The van der Waals surface area contributed by atoms with Gasteiger partial charge in [0.05, 0.1) is 17.5 Å². The van der Waals surface area contributed by atoms with Gasteiger partial charge in [-0.05, 0) is 36.2 Å². The first kappa shape index (κ1) is 14.9. The number of nitrogens with zero attached hydrogens (tertiary/aromatic N) is 1. The molecule has 2 aromatic rings. The summed E-state index contributed by atoms with van der Waals surface area (Å²) >= 11 is 0. The molecule has 0 unspecified atom stereocenters. The van der Waals surface area contributed by atoms with E-state index in [4.69, 9.17) is 4.84 Å². The molecule has 0 N–H and O–H groups in total. The summed E-state index contributed by atoms with van der Waals surface area (Å²) in [7, 11) is 0. The second kappa shape index (κ2) is 6.00. The number of imide groups is 1. The molecule has 23 heavy (non-hydrogen) atoms. The minimum atomic E-state index is -0.705. The number of hydrogen-bond donors (Lipinski definition) is 0. The van der Waals surface area contributed by atoms with Crippen molar-refractivity contribution in [2.75, 3.05) is 0 Å². The van der Waals surface area contributed by atoms with Gasteiger partial charge >= 0.3 is 5.97 Å². The summed E-state index contributed by atoms with van der Waals surface area (Å²) in [6.07, 6.45) is 0.293. The highest BCUT2D eigenvalue weighted by molar-refractivity contribution is 6.20. The molecule has 116 valence electrons. The van der Waals surface area contributed by atoms with Crippen LogP contribution in [0.3, 0.4) is 0 Å². The number of halogens is 1. The molecule has 0 bridgehead atoms. The maximum Gasteiger partial charge on any atom is 0.333 e. The zero-order chi connectivity index (χ0) is 16.4. The smallest absolute Gasteiger partial charge is 0.330 e. The monoisotopic (exact) mass is 313 g/mol. The van der Waals surface area contributed by atoms with Gasteiger partial charge in [-0.25, -0.2) is 9.18 Å². The number of amides is 2. The predicted molar refractivity (Wildman–Crippen MR) is 77.8 cm³/mol. The Bertz CT molecular complexity index is 750. The molecule has 2 aromatic carbocycles. The lowest BCUT2D eigenvalue weighted by Crippen LogP contribution is -2.32. The molecule has 0 atom stereocenters. The summed E-state index contributed by atoms with van der Waals surface area (Å²) in [5.74, 6) is -2.37. The fourth-order valence-electron chi connectivity index (χ4n) is 2.29. The van der Waals surface area contributed by atoms with E-state index in [1.54, 1.807) is 24.3 Å². The van der Waals surface area contributed by atoms with E-state index in [-0.39, 0.29) is 23.4 Å². The van der Waals surface area contributed by atoms with Crippen LogP contribution < -0.4 is 0 Å². The summed E-state index contributed by atoms with van der Waals surface area (Å²) in [6, 6.07) is 12.0. The van der Waals surface area contributed by atoms with Crippen molar-refractivity contribution < 1.29 is 23.6 Å². The van der Waals surface area contributed by atoms with Gasteiger partial charge in [-0.2, -0.15) is 0 Å². The SMILES string of the molecule is O=C(CCc1ccc(F)cc1)ON1C(=O)c2ccccc2C1=O. The van der Waals surface area contributed by atoms with Gasteiger partial charge in [0.15, 0.2) is 0 Å². The van der Waals surface area contributed by atoms with Gasteiger partial charge in [-0.1, -0.05) is 29.3 Å². The van der Waals surface area contributed by atoms with Crippen molar-refractivity contribution in [3.63, 3.8) is 0 Å². The van der Waals surface area contributed by atoms with Gasteiger partial charge in [0.25, 0.3) is 11.8 Å². The van der Waals surface area contributed by atoms with Gasteiger partial charge in [0.2, 0.25) is 0 Å². The highest BCUT2D eigenvalue weighted by atomic mass is 19.1. The molecule has 1 aliphatic heterocycles. The van der Waals surface area contributed by atoms with E-state index in [2.05, 4.69) is 0 Å². The van der Waals surface area contributed by atoms with Crippen LogP contribution in [-0.4, -0.2) is 22.8 Å². The summed E-state index contributed by atoms with van der Waals surface area (Å²) in [5, 5.41) is 0.484. The Kier molecular flexibility index (Phi) is 3.89. The first-order valence-electron chi connectivity index (χ1n) is 6.99. The molecule has 0 aliphatic carbocycles. The summed E-state index contributed by atoms with van der Waals surface area (Å²) in [5.41, 5.74) is 1.18. The van der Waals surface area contributed by atoms with E-state index in [1.807, 2.05) is 0 Å². The van der Waals surface area contributed by atoms with Crippen molar-refractivity contribution in [3.8, 4) is 0 Å². The van der Waals surface area contributed by atoms with Crippen molar-refractivity contribution in [2.45, 2.75) is 12.8 Å². The average Bonchev–Trinajstić information content (AvgIpc) is 2.80. The quantitative estimate of drug-likeness (QED) is 0.814. The zero-order valence-corrected chi connectivity index (χ0v) is 12.0. The highest BCUT2D eigenvalue weighted by Crippen LogP contribution is 2.23. The number of hydrogen-bond acceptors (Lipinski definition) is 4. The van der Waals surface area contributed by atoms with Crippen molar-refractivity contribution in [1.82, 2.24) is 5.06 Å². The molecule has 2 amide bonds. The third-order valence-electron chi connectivity index (χ3n) is 3.48. The van der Waals surface area contributed by atoms with Gasteiger partial charge < -0.3 is 4.84 Å². The van der Waals surface area contributed by atoms with E-state index in [1.165, 1.54) is 24.3 Å². The van der Waals surface area contributed by atoms with Crippen molar-refractivity contribution >= 4 is 17.8 Å². The third-order valence-corrected chi connectivity index (χ3v) is 3.48. The number of carbonyl (C=O) groups is 3. The minimum absolute atomic E-state index is 0.0287. The lowest BCUT2D eigenvalue weighted by molar-refractivity contribution is -0.168. The van der Waals surface area contributed by atoms with Gasteiger partial charge in [0, 0.05) is 0 Å². The number of rotatable bonds is 4. The van der Waals surface area contributed by atoms with Crippen LogP contribution in [0.25, 0.3) is 0 Å². The Morgan fingerprint density at radius 1 is 0.957 bits per heavy atom. The predicted octanol–water partition coefficient (Wildman–Crippen LogP) is 2.51. The molecule has 1 aliphatic rings. The average molecular weight is 313 g/mol. The Balaban J connectivity index is 1.62. The molecule has 6 heteroatoms. The summed E-state index contributed by atoms with van der Waals surface area (Å²) < 4.78 is 12.8. The van der Waals surface area contributed by atoms with E-state index in [0.29, 0.717) is 11.5 Å². The van der Waals surface area contributed by atoms with Gasteiger partial charge in [-0.15, -0.1) is 0 Å². The molecule has 1 heterocycles. The van der Waals surface area contributed by atoms with Crippen molar-refractivity contribution in [2.24, 2.45) is 0 Å². The fraction of sp³-hybridized carbons (Fsp3) is 0.118. The van der Waals surface area contributed by atoms with Crippen LogP contribution in [0.2, 0.25) is 0 Å². The molecule has 0 aromatic heterocycles. The maximum atomic E-state index is 12.8. The Morgan fingerprint density at radius 3 is 2.09 bits per heavy atom. The van der Waals surface area contributed by atoms with Crippen LogP contribution in [0.4, 0.5) is 4.39 Å². The molecule has 0 spiro atoms.